The number of benzene rings is 2. The summed E-state index contributed by atoms with van der Waals surface area (Å²) in [5.41, 5.74) is 5.71. The van der Waals surface area contributed by atoms with Gasteiger partial charge in [-0.2, -0.15) is 0 Å². The molecule has 28 heavy (non-hydrogen) atoms. The molecule has 4 heteroatoms. The Bertz CT molecular complexity index is 1210. The van der Waals surface area contributed by atoms with Crippen molar-refractivity contribution in [2.75, 3.05) is 0 Å². The molecule has 2 aliphatic rings. The van der Waals surface area contributed by atoms with Crippen molar-refractivity contribution >= 4 is 23.4 Å². The van der Waals surface area contributed by atoms with Gasteiger partial charge in [-0.3, -0.25) is 14.4 Å². The minimum Gasteiger partial charge on any atom is -0.306 e. The van der Waals surface area contributed by atoms with Crippen molar-refractivity contribution in [1.82, 2.24) is 4.57 Å². The summed E-state index contributed by atoms with van der Waals surface area (Å²) in [5.74, 6) is -1.17. The number of hydrogen-bond acceptors (Lipinski definition) is 3. The number of aryl methyl sites for hydroxylation is 2. The summed E-state index contributed by atoms with van der Waals surface area (Å²) >= 11 is 0. The van der Waals surface area contributed by atoms with Crippen LogP contribution in [0.3, 0.4) is 0 Å². The lowest BCUT2D eigenvalue weighted by Gasteiger charge is -2.14. The fourth-order valence-electron chi connectivity index (χ4n) is 4.20. The minimum absolute atomic E-state index is 0.105. The molecule has 0 unspecified atom stereocenters. The van der Waals surface area contributed by atoms with Gasteiger partial charge >= 0.3 is 0 Å². The third-order valence-electron chi connectivity index (χ3n) is 5.57. The van der Waals surface area contributed by atoms with Gasteiger partial charge in [-0.05, 0) is 55.2 Å². The van der Waals surface area contributed by atoms with E-state index in [-0.39, 0.29) is 5.78 Å². The second-order valence-electron chi connectivity index (χ2n) is 7.27. The first-order chi connectivity index (χ1) is 13.6. The third kappa shape index (κ3) is 2.28. The summed E-state index contributed by atoms with van der Waals surface area (Å²) in [6.07, 6.45) is 4.16. The summed E-state index contributed by atoms with van der Waals surface area (Å²) in [7, 11) is 0. The molecule has 3 aromatic rings. The molecule has 0 saturated heterocycles. The van der Waals surface area contributed by atoms with E-state index in [4.69, 9.17) is 0 Å². The number of nitrogens with zero attached hydrogens (tertiary/aromatic N) is 1. The molecule has 2 aromatic carbocycles. The zero-order valence-electron chi connectivity index (χ0n) is 15.4. The largest absolute Gasteiger partial charge is 0.306 e. The van der Waals surface area contributed by atoms with Crippen LogP contribution < -0.4 is 0 Å². The summed E-state index contributed by atoms with van der Waals surface area (Å²) in [4.78, 5) is 38.4. The van der Waals surface area contributed by atoms with E-state index in [1.165, 1.54) is 6.08 Å². The second-order valence-corrected chi connectivity index (χ2v) is 7.27. The summed E-state index contributed by atoms with van der Waals surface area (Å²) in [6, 6.07) is 15.4. The van der Waals surface area contributed by atoms with Crippen LogP contribution in [0.2, 0.25) is 0 Å². The number of hydrogen-bond donors (Lipinski definition) is 0. The Hall–Kier alpha value is -3.53. The van der Waals surface area contributed by atoms with E-state index in [2.05, 4.69) is 0 Å². The molecule has 136 valence electrons. The molecule has 0 radical (unpaired) electrons. The second kappa shape index (κ2) is 5.99. The Morgan fingerprint density at radius 1 is 0.821 bits per heavy atom. The molecule has 2 aliphatic carbocycles. The monoisotopic (exact) mass is 367 g/mol. The van der Waals surface area contributed by atoms with Crippen molar-refractivity contribution in [1.29, 1.82) is 0 Å². The van der Waals surface area contributed by atoms with Gasteiger partial charge < -0.3 is 4.57 Å². The van der Waals surface area contributed by atoms with Crippen LogP contribution >= 0.6 is 0 Å². The van der Waals surface area contributed by atoms with Crippen LogP contribution in [0, 0.1) is 6.92 Å². The van der Waals surface area contributed by atoms with Crippen molar-refractivity contribution in [2.45, 2.75) is 19.8 Å². The predicted molar refractivity (Wildman–Crippen MR) is 106 cm³/mol. The Kier molecular flexibility index (Phi) is 3.56. The van der Waals surface area contributed by atoms with Crippen molar-refractivity contribution in [2.24, 2.45) is 0 Å². The molecule has 1 heterocycles. The van der Waals surface area contributed by atoms with E-state index in [0.29, 0.717) is 40.9 Å². The molecule has 0 aliphatic heterocycles. The van der Waals surface area contributed by atoms with Gasteiger partial charge in [0.1, 0.15) is 0 Å². The Balaban J connectivity index is 1.86. The molecule has 1 aromatic heterocycles. The lowest BCUT2D eigenvalue weighted by atomic mass is 9.94. The van der Waals surface area contributed by atoms with Crippen LogP contribution in [0.4, 0.5) is 0 Å². The number of Topliss-reactive ketones (excluding diaryl/α,β-unsaturated/α-hetero) is 1. The number of carbonyl (C=O) groups excluding carboxylic acids is 3. The van der Waals surface area contributed by atoms with E-state index >= 15 is 0 Å². The molecule has 0 spiro atoms. The standard InChI is InChI=1S/C24H17NO3/c1-14-6-9-16(10-7-14)25-19-12-13-20(26)24(28)21(19)18-11-8-15-4-2-3-5-17(15)23(27)22(18)25/h2-7,9-10,12-13H,8,11H2,1H3. The number of carbonyl (C=O) groups is 3. The van der Waals surface area contributed by atoms with E-state index < -0.39 is 11.6 Å². The molecule has 0 amide bonds. The molecule has 0 bridgehead atoms. The van der Waals surface area contributed by atoms with Crippen LogP contribution in [0.1, 0.15) is 48.8 Å². The average Bonchev–Trinajstić information content (AvgIpc) is 2.96. The van der Waals surface area contributed by atoms with Crippen molar-refractivity contribution < 1.29 is 14.4 Å². The van der Waals surface area contributed by atoms with Crippen molar-refractivity contribution in [3.63, 3.8) is 0 Å². The zero-order chi connectivity index (χ0) is 19.4. The maximum absolute atomic E-state index is 13.6. The molecule has 4 nitrogen and oxygen atoms in total. The lowest BCUT2D eigenvalue weighted by Crippen LogP contribution is -2.17. The smallest absolute Gasteiger partial charge is 0.235 e. The fraction of sp³-hybridized carbons (Fsp3) is 0.125. The number of allylic oxidation sites excluding steroid dienone is 1. The number of aromatic nitrogens is 1. The van der Waals surface area contributed by atoms with Crippen LogP contribution in [-0.4, -0.2) is 21.9 Å². The van der Waals surface area contributed by atoms with Gasteiger partial charge in [-0.15, -0.1) is 0 Å². The molecular weight excluding hydrogens is 350 g/mol. The highest BCUT2D eigenvalue weighted by atomic mass is 16.2. The first-order valence-electron chi connectivity index (χ1n) is 9.30. The van der Waals surface area contributed by atoms with Crippen molar-refractivity contribution in [3.05, 3.63) is 93.8 Å². The topological polar surface area (TPSA) is 56.1 Å². The quantitative estimate of drug-likeness (QED) is 0.613. The highest BCUT2D eigenvalue weighted by molar-refractivity contribution is 6.50. The molecule has 0 saturated carbocycles. The maximum Gasteiger partial charge on any atom is 0.235 e. The van der Waals surface area contributed by atoms with Crippen LogP contribution in [0.15, 0.2) is 54.6 Å². The summed E-state index contributed by atoms with van der Waals surface area (Å²) in [6.45, 7) is 2.00. The number of ketones is 3. The number of rotatable bonds is 1. The summed E-state index contributed by atoms with van der Waals surface area (Å²) in [5, 5.41) is 0. The van der Waals surface area contributed by atoms with E-state index in [9.17, 15) is 14.4 Å². The van der Waals surface area contributed by atoms with Gasteiger partial charge in [0.05, 0.1) is 17.0 Å². The van der Waals surface area contributed by atoms with Crippen LogP contribution in [-0.2, 0) is 17.6 Å². The number of fused-ring (bicyclic) bond motifs is 4. The fourth-order valence-corrected chi connectivity index (χ4v) is 4.20. The van der Waals surface area contributed by atoms with Crippen molar-refractivity contribution in [3.8, 4) is 5.69 Å². The minimum atomic E-state index is -0.537. The Labute approximate surface area is 162 Å². The predicted octanol–water partition coefficient (Wildman–Crippen LogP) is 3.89. The molecule has 5 rings (SSSR count). The Morgan fingerprint density at radius 2 is 1.57 bits per heavy atom. The van der Waals surface area contributed by atoms with Crippen LogP contribution in [0.5, 0.6) is 0 Å². The van der Waals surface area contributed by atoms with Gasteiger partial charge in [0.25, 0.3) is 0 Å². The first-order valence-corrected chi connectivity index (χ1v) is 9.30. The molecule has 0 fully saturated rings. The maximum atomic E-state index is 13.6. The van der Waals surface area contributed by atoms with E-state index in [0.717, 1.165) is 16.8 Å². The van der Waals surface area contributed by atoms with Crippen LogP contribution in [0.25, 0.3) is 11.8 Å². The zero-order valence-corrected chi connectivity index (χ0v) is 15.4. The third-order valence-corrected chi connectivity index (χ3v) is 5.57. The average molecular weight is 367 g/mol. The molecule has 0 N–H and O–H groups in total. The van der Waals surface area contributed by atoms with Gasteiger partial charge in [0, 0.05) is 11.3 Å². The van der Waals surface area contributed by atoms with E-state index in [1.54, 1.807) is 6.08 Å². The Morgan fingerprint density at radius 3 is 2.36 bits per heavy atom. The van der Waals surface area contributed by atoms with Gasteiger partial charge in [0.2, 0.25) is 17.3 Å². The normalized spacial score (nSPS) is 15.1. The van der Waals surface area contributed by atoms with E-state index in [1.807, 2.05) is 60.0 Å². The molecule has 0 atom stereocenters. The highest BCUT2D eigenvalue weighted by Crippen LogP contribution is 2.36. The van der Waals surface area contributed by atoms with Gasteiger partial charge in [-0.1, -0.05) is 42.0 Å². The van der Waals surface area contributed by atoms with Gasteiger partial charge in [0.15, 0.2) is 0 Å². The van der Waals surface area contributed by atoms with Gasteiger partial charge in [-0.25, -0.2) is 0 Å². The SMILES string of the molecule is Cc1ccc(-n2c3c(c4c2C(=O)c2ccccc2CC4)C(=O)C(=O)C=C3)cc1. The lowest BCUT2D eigenvalue weighted by molar-refractivity contribution is -0.110. The highest BCUT2D eigenvalue weighted by Gasteiger charge is 2.36. The first kappa shape index (κ1) is 16.6. The molecular formula is C24H17NO3. The summed E-state index contributed by atoms with van der Waals surface area (Å²) < 4.78 is 1.84.